The fourth-order valence-electron chi connectivity index (χ4n) is 1.82. The van der Waals surface area contributed by atoms with Gasteiger partial charge in [0.2, 0.25) is 0 Å². The van der Waals surface area contributed by atoms with Crippen molar-refractivity contribution in [1.29, 1.82) is 0 Å². The van der Waals surface area contributed by atoms with Gasteiger partial charge in [0.25, 0.3) is 0 Å². The second-order valence-electron chi connectivity index (χ2n) is 3.38. The largest absolute Gasteiger partial charge is 0.0528 e. The molecule has 0 nitrogen and oxygen atoms in total. The molecular formula is C8H14. The molecule has 2 aliphatic carbocycles. The third-order valence-corrected chi connectivity index (χ3v) is 2.97. The van der Waals surface area contributed by atoms with E-state index in [1.807, 2.05) is 0 Å². The molecule has 0 N–H and O–H groups in total. The number of hydrogen-bond acceptors (Lipinski definition) is 0. The molecule has 0 unspecified atom stereocenters. The summed E-state index contributed by atoms with van der Waals surface area (Å²) < 4.78 is 0. The molecule has 0 aromatic rings. The zero-order valence-electron chi connectivity index (χ0n) is 5.40. The second-order valence-corrected chi connectivity index (χ2v) is 3.38. The van der Waals surface area contributed by atoms with Crippen molar-refractivity contribution in [2.24, 2.45) is 11.8 Å². The van der Waals surface area contributed by atoms with Crippen LogP contribution in [-0.2, 0) is 0 Å². The third kappa shape index (κ3) is 0.586. The van der Waals surface area contributed by atoms with Gasteiger partial charge in [-0.05, 0) is 11.8 Å². The molecule has 0 saturated heterocycles. The molecule has 0 aromatic heterocycles. The Balaban J connectivity index is 1.79. The predicted octanol–water partition coefficient (Wildman–Crippen LogP) is 2.59. The van der Waals surface area contributed by atoms with Gasteiger partial charge in [0.15, 0.2) is 0 Å². The molecule has 2 aliphatic rings. The van der Waals surface area contributed by atoms with Crippen LogP contribution in [0.15, 0.2) is 0 Å². The Kier molecular flexibility index (Phi) is 1.06. The van der Waals surface area contributed by atoms with Crippen LogP contribution in [0.4, 0.5) is 0 Å². The lowest BCUT2D eigenvalue weighted by atomic mass is 9.67. The average molecular weight is 110 g/mol. The maximum absolute atomic E-state index is 1.56. The Bertz CT molecular complexity index is 66.0. The molecule has 46 valence electrons. The van der Waals surface area contributed by atoms with Gasteiger partial charge in [-0.3, -0.25) is 0 Å². The van der Waals surface area contributed by atoms with Crippen molar-refractivity contribution in [1.82, 2.24) is 0 Å². The minimum absolute atomic E-state index is 1.18. The summed E-state index contributed by atoms with van der Waals surface area (Å²) in [5.41, 5.74) is 0. The summed E-state index contributed by atoms with van der Waals surface area (Å²) >= 11 is 0. The first kappa shape index (κ1) is 4.84. The first-order chi connectivity index (χ1) is 3.97. The summed E-state index contributed by atoms with van der Waals surface area (Å²) in [6.07, 6.45) is 9.30. The van der Waals surface area contributed by atoms with Crippen LogP contribution in [-0.4, -0.2) is 0 Å². The van der Waals surface area contributed by atoms with E-state index < -0.39 is 0 Å². The summed E-state index contributed by atoms with van der Waals surface area (Å²) in [6, 6.07) is 0. The van der Waals surface area contributed by atoms with Crippen LogP contribution in [0.5, 0.6) is 0 Å². The van der Waals surface area contributed by atoms with Gasteiger partial charge in [0, 0.05) is 0 Å². The SMILES string of the molecule is C1CC(C2CCC2)C1. The summed E-state index contributed by atoms with van der Waals surface area (Å²) in [5, 5.41) is 0. The van der Waals surface area contributed by atoms with Gasteiger partial charge < -0.3 is 0 Å². The summed E-state index contributed by atoms with van der Waals surface area (Å²) in [7, 11) is 0. The standard InChI is InChI=1S/C8H14/c1-3-7(4-1)8-5-2-6-8/h7-8H,1-6H2. The Hall–Kier alpha value is 0. The van der Waals surface area contributed by atoms with Crippen molar-refractivity contribution in [3.8, 4) is 0 Å². The predicted molar refractivity (Wildman–Crippen MR) is 34.7 cm³/mol. The fourth-order valence-corrected chi connectivity index (χ4v) is 1.82. The van der Waals surface area contributed by atoms with E-state index in [1.54, 1.807) is 25.7 Å². The molecule has 2 rings (SSSR count). The van der Waals surface area contributed by atoms with Crippen molar-refractivity contribution >= 4 is 0 Å². The van der Waals surface area contributed by atoms with E-state index in [1.165, 1.54) is 24.7 Å². The van der Waals surface area contributed by atoms with Crippen LogP contribution in [0, 0.1) is 11.8 Å². The smallest absolute Gasteiger partial charge is 0.0386 e. The molecule has 0 aromatic carbocycles. The van der Waals surface area contributed by atoms with Crippen LogP contribution in [0.25, 0.3) is 0 Å². The van der Waals surface area contributed by atoms with E-state index in [0.29, 0.717) is 0 Å². The van der Waals surface area contributed by atoms with Gasteiger partial charge in [-0.25, -0.2) is 0 Å². The molecule has 0 bridgehead atoms. The number of rotatable bonds is 1. The van der Waals surface area contributed by atoms with Crippen molar-refractivity contribution in [3.63, 3.8) is 0 Å². The first-order valence-electron chi connectivity index (χ1n) is 3.97. The normalized spacial score (nSPS) is 31.5. The van der Waals surface area contributed by atoms with Crippen molar-refractivity contribution in [2.75, 3.05) is 0 Å². The average Bonchev–Trinajstić information content (AvgIpc) is 1.47. The molecule has 8 heavy (non-hydrogen) atoms. The van der Waals surface area contributed by atoms with E-state index in [9.17, 15) is 0 Å². The summed E-state index contributed by atoms with van der Waals surface area (Å²) in [6.45, 7) is 0. The van der Waals surface area contributed by atoms with E-state index in [-0.39, 0.29) is 0 Å². The molecule has 0 heteroatoms. The van der Waals surface area contributed by atoms with Gasteiger partial charge in [-0.15, -0.1) is 0 Å². The van der Waals surface area contributed by atoms with Gasteiger partial charge in [-0.1, -0.05) is 38.5 Å². The van der Waals surface area contributed by atoms with Crippen LogP contribution in [0.3, 0.4) is 0 Å². The third-order valence-electron chi connectivity index (χ3n) is 2.97. The van der Waals surface area contributed by atoms with E-state index in [4.69, 9.17) is 0 Å². The van der Waals surface area contributed by atoms with Crippen LogP contribution >= 0.6 is 0 Å². The van der Waals surface area contributed by atoms with Gasteiger partial charge >= 0.3 is 0 Å². The van der Waals surface area contributed by atoms with Gasteiger partial charge in [0.1, 0.15) is 0 Å². The molecule has 2 saturated carbocycles. The minimum atomic E-state index is 1.18. The zero-order valence-corrected chi connectivity index (χ0v) is 5.40. The molecule has 0 heterocycles. The lowest BCUT2D eigenvalue weighted by molar-refractivity contribution is 0.129. The fraction of sp³-hybridized carbons (Fsp3) is 1.00. The highest BCUT2D eigenvalue weighted by Crippen LogP contribution is 2.43. The maximum Gasteiger partial charge on any atom is -0.0386 e. The van der Waals surface area contributed by atoms with Crippen molar-refractivity contribution in [3.05, 3.63) is 0 Å². The summed E-state index contributed by atoms with van der Waals surface area (Å²) in [5.74, 6) is 2.37. The van der Waals surface area contributed by atoms with Crippen molar-refractivity contribution < 1.29 is 0 Å². The van der Waals surface area contributed by atoms with E-state index in [0.717, 1.165) is 0 Å². The highest BCUT2D eigenvalue weighted by Gasteiger charge is 2.30. The zero-order chi connectivity index (χ0) is 5.40. The maximum atomic E-state index is 1.56. The van der Waals surface area contributed by atoms with Crippen LogP contribution in [0.2, 0.25) is 0 Å². The molecule has 0 atom stereocenters. The molecule has 0 aliphatic heterocycles. The Morgan fingerprint density at radius 2 is 1.00 bits per heavy atom. The number of hydrogen-bond donors (Lipinski definition) is 0. The quantitative estimate of drug-likeness (QED) is 0.486. The lowest BCUT2D eigenvalue weighted by Crippen LogP contribution is -2.26. The highest BCUT2D eigenvalue weighted by atomic mass is 14.4. The van der Waals surface area contributed by atoms with Gasteiger partial charge in [-0.2, -0.15) is 0 Å². The summed E-state index contributed by atoms with van der Waals surface area (Å²) in [4.78, 5) is 0. The topological polar surface area (TPSA) is 0 Å². The second kappa shape index (κ2) is 1.75. The molecule has 0 spiro atoms. The molecule has 2 fully saturated rings. The first-order valence-corrected chi connectivity index (χ1v) is 3.97. The monoisotopic (exact) mass is 110 g/mol. The van der Waals surface area contributed by atoms with Crippen LogP contribution < -0.4 is 0 Å². The molecule has 0 radical (unpaired) electrons. The highest BCUT2D eigenvalue weighted by molar-refractivity contribution is 4.82. The molecule has 0 amide bonds. The minimum Gasteiger partial charge on any atom is -0.0528 e. The lowest BCUT2D eigenvalue weighted by Gasteiger charge is -2.39. The van der Waals surface area contributed by atoms with Crippen molar-refractivity contribution in [2.45, 2.75) is 38.5 Å². The van der Waals surface area contributed by atoms with E-state index >= 15 is 0 Å². The Morgan fingerprint density at radius 3 is 1.12 bits per heavy atom. The Labute approximate surface area is 51.3 Å². The van der Waals surface area contributed by atoms with Crippen LogP contribution in [0.1, 0.15) is 38.5 Å². The van der Waals surface area contributed by atoms with E-state index in [2.05, 4.69) is 0 Å². The van der Waals surface area contributed by atoms with Gasteiger partial charge in [0.05, 0.1) is 0 Å². The molecular weight excluding hydrogens is 96.1 g/mol. The Morgan fingerprint density at radius 1 is 0.625 bits per heavy atom.